The first kappa shape index (κ1) is 19.3. The van der Waals surface area contributed by atoms with Gasteiger partial charge in [0.15, 0.2) is 0 Å². The summed E-state index contributed by atoms with van der Waals surface area (Å²) < 4.78 is 1.81. The number of hydrogen-bond acceptors (Lipinski definition) is 4. The molecule has 0 aliphatic carbocycles. The molecule has 150 valence electrons. The Labute approximate surface area is 171 Å². The summed E-state index contributed by atoms with van der Waals surface area (Å²) in [4.78, 5) is 21.9. The number of aryl methyl sites for hydroxylation is 1. The second-order valence-corrected chi connectivity index (χ2v) is 7.71. The van der Waals surface area contributed by atoms with E-state index in [0.717, 1.165) is 43.1 Å². The Morgan fingerprint density at radius 3 is 2.48 bits per heavy atom. The SMILES string of the molecule is Cc1ccc(-n2nc(C(=O)N3CCCN(C)CC3)nc2Cc2ccccc2)cc1. The monoisotopic (exact) mass is 389 g/mol. The van der Waals surface area contributed by atoms with Crippen molar-refractivity contribution in [3.63, 3.8) is 0 Å². The lowest BCUT2D eigenvalue weighted by molar-refractivity contribution is 0.0750. The van der Waals surface area contributed by atoms with Crippen molar-refractivity contribution in [2.75, 3.05) is 33.2 Å². The minimum atomic E-state index is -0.0829. The van der Waals surface area contributed by atoms with Crippen molar-refractivity contribution in [2.45, 2.75) is 19.8 Å². The van der Waals surface area contributed by atoms with E-state index < -0.39 is 0 Å². The molecule has 3 aromatic rings. The zero-order chi connectivity index (χ0) is 20.2. The summed E-state index contributed by atoms with van der Waals surface area (Å²) in [7, 11) is 2.09. The second kappa shape index (κ2) is 8.57. The summed E-state index contributed by atoms with van der Waals surface area (Å²) in [5, 5.41) is 4.63. The molecule has 29 heavy (non-hydrogen) atoms. The maximum absolute atomic E-state index is 13.1. The highest BCUT2D eigenvalue weighted by Gasteiger charge is 2.24. The quantitative estimate of drug-likeness (QED) is 0.688. The van der Waals surface area contributed by atoms with Crippen LogP contribution in [0.25, 0.3) is 5.69 Å². The first-order valence-electron chi connectivity index (χ1n) is 10.1. The van der Waals surface area contributed by atoms with Gasteiger partial charge in [0.25, 0.3) is 5.91 Å². The maximum Gasteiger partial charge on any atom is 0.293 e. The summed E-state index contributed by atoms with van der Waals surface area (Å²) in [6.07, 6.45) is 1.59. The summed E-state index contributed by atoms with van der Waals surface area (Å²) in [6.45, 7) is 5.40. The fraction of sp³-hybridized carbons (Fsp3) is 0.348. The predicted molar refractivity (Wildman–Crippen MR) is 113 cm³/mol. The molecule has 0 saturated carbocycles. The minimum Gasteiger partial charge on any atom is -0.335 e. The molecule has 1 aliphatic heterocycles. The van der Waals surface area contributed by atoms with Crippen molar-refractivity contribution in [3.05, 3.63) is 77.4 Å². The number of carbonyl (C=O) groups excluding carboxylic acids is 1. The molecule has 2 heterocycles. The topological polar surface area (TPSA) is 54.3 Å². The highest BCUT2D eigenvalue weighted by molar-refractivity contribution is 5.90. The molecular formula is C23H27N5O. The normalized spacial score (nSPS) is 15.3. The number of carbonyl (C=O) groups is 1. The molecule has 2 aromatic carbocycles. The van der Waals surface area contributed by atoms with E-state index in [0.29, 0.717) is 13.0 Å². The van der Waals surface area contributed by atoms with E-state index in [1.54, 1.807) is 0 Å². The fourth-order valence-electron chi connectivity index (χ4n) is 3.61. The van der Waals surface area contributed by atoms with Crippen molar-refractivity contribution < 1.29 is 4.79 Å². The molecule has 1 saturated heterocycles. The molecule has 0 N–H and O–H groups in total. The van der Waals surface area contributed by atoms with E-state index in [4.69, 9.17) is 0 Å². The second-order valence-electron chi connectivity index (χ2n) is 7.71. The van der Waals surface area contributed by atoms with E-state index >= 15 is 0 Å². The van der Waals surface area contributed by atoms with Gasteiger partial charge in [-0.25, -0.2) is 9.67 Å². The van der Waals surface area contributed by atoms with Crippen molar-refractivity contribution in [2.24, 2.45) is 0 Å². The van der Waals surface area contributed by atoms with Gasteiger partial charge in [0.1, 0.15) is 5.82 Å². The molecule has 0 radical (unpaired) electrons. The molecule has 6 heteroatoms. The van der Waals surface area contributed by atoms with Gasteiger partial charge < -0.3 is 9.80 Å². The predicted octanol–water partition coefficient (Wildman–Crippen LogP) is 2.94. The van der Waals surface area contributed by atoms with Crippen LogP contribution in [0.3, 0.4) is 0 Å². The van der Waals surface area contributed by atoms with Crippen LogP contribution in [0.15, 0.2) is 54.6 Å². The molecule has 0 unspecified atom stereocenters. The number of hydrogen-bond donors (Lipinski definition) is 0. The smallest absolute Gasteiger partial charge is 0.293 e. The highest BCUT2D eigenvalue weighted by atomic mass is 16.2. The number of rotatable bonds is 4. The number of nitrogens with zero attached hydrogens (tertiary/aromatic N) is 5. The third-order valence-corrected chi connectivity index (χ3v) is 5.36. The van der Waals surface area contributed by atoms with Gasteiger partial charge in [0.2, 0.25) is 5.82 Å². The van der Waals surface area contributed by atoms with Gasteiger partial charge in [-0.05, 0) is 44.6 Å². The average Bonchev–Trinajstić information content (AvgIpc) is 3.02. The van der Waals surface area contributed by atoms with Gasteiger partial charge in [-0.3, -0.25) is 4.79 Å². The number of likely N-dealkylation sites (N-methyl/N-ethyl adjacent to an activating group) is 1. The van der Waals surface area contributed by atoms with Gasteiger partial charge in [-0.2, -0.15) is 0 Å². The maximum atomic E-state index is 13.1. The summed E-state index contributed by atoms with van der Waals surface area (Å²) in [5.41, 5.74) is 3.25. The standard InChI is InChI=1S/C23H27N5O/c1-18-9-11-20(12-10-18)28-21(17-19-7-4-3-5-8-19)24-22(25-28)23(29)27-14-6-13-26(2)15-16-27/h3-5,7-12H,6,13-17H2,1-2H3. The van der Waals surface area contributed by atoms with Crippen LogP contribution < -0.4 is 0 Å². The van der Waals surface area contributed by atoms with Crippen LogP contribution in [-0.2, 0) is 6.42 Å². The van der Waals surface area contributed by atoms with Crippen LogP contribution in [0.2, 0.25) is 0 Å². The molecule has 6 nitrogen and oxygen atoms in total. The largest absolute Gasteiger partial charge is 0.335 e. The number of benzene rings is 2. The van der Waals surface area contributed by atoms with E-state index in [9.17, 15) is 4.79 Å². The molecule has 0 spiro atoms. The summed E-state index contributed by atoms with van der Waals surface area (Å²) in [5.74, 6) is 0.969. The molecule has 1 aromatic heterocycles. The Kier molecular flexibility index (Phi) is 5.71. The average molecular weight is 390 g/mol. The zero-order valence-corrected chi connectivity index (χ0v) is 17.1. The van der Waals surface area contributed by atoms with Gasteiger partial charge >= 0.3 is 0 Å². The minimum absolute atomic E-state index is 0.0829. The lowest BCUT2D eigenvalue weighted by Crippen LogP contribution is -2.35. The molecule has 0 atom stereocenters. The van der Waals surface area contributed by atoms with Gasteiger partial charge in [0.05, 0.1) is 5.69 Å². The Morgan fingerprint density at radius 2 is 1.72 bits per heavy atom. The van der Waals surface area contributed by atoms with Crippen LogP contribution in [-0.4, -0.2) is 63.7 Å². The Morgan fingerprint density at radius 1 is 0.966 bits per heavy atom. The Bertz CT molecular complexity index is 965. The van der Waals surface area contributed by atoms with E-state index in [1.807, 2.05) is 39.9 Å². The lowest BCUT2D eigenvalue weighted by atomic mass is 10.1. The summed E-state index contributed by atoms with van der Waals surface area (Å²) >= 11 is 0. The number of aromatic nitrogens is 3. The first-order chi connectivity index (χ1) is 14.1. The fourth-order valence-corrected chi connectivity index (χ4v) is 3.61. The van der Waals surface area contributed by atoms with Crippen LogP contribution in [0, 0.1) is 6.92 Å². The van der Waals surface area contributed by atoms with Crippen LogP contribution in [0.4, 0.5) is 0 Å². The van der Waals surface area contributed by atoms with Crippen molar-refractivity contribution >= 4 is 5.91 Å². The number of amides is 1. The van der Waals surface area contributed by atoms with Gasteiger partial charge in [0, 0.05) is 26.1 Å². The van der Waals surface area contributed by atoms with Gasteiger partial charge in [-0.1, -0.05) is 48.0 Å². The van der Waals surface area contributed by atoms with Crippen molar-refractivity contribution in [1.82, 2.24) is 24.6 Å². The van der Waals surface area contributed by atoms with Crippen molar-refractivity contribution in [1.29, 1.82) is 0 Å². The molecule has 1 fully saturated rings. The molecule has 0 bridgehead atoms. The van der Waals surface area contributed by atoms with E-state index in [2.05, 4.69) is 53.2 Å². The van der Waals surface area contributed by atoms with Crippen LogP contribution in [0.5, 0.6) is 0 Å². The summed E-state index contributed by atoms with van der Waals surface area (Å²) in [6, 6.07) is 18.3. The molecule has 1 aliphatic rings. The lowest BCUT2D eigenvalue weighted by Gasteiger charge is -2.18. The van der Waals surface area contributed by atoms with E-state index in [-0.39, 0.29) is 11.7 Å². The van der Waals surface area contributed by atoms with Crippen LogP contribution in [0.1, 0.15) is 34.0 Å². The van der Waals surface area contributed by atoms with E-state index in [1.165, 1.54) is 5.56 Å². The van der Waals surface area contributed by atoms with Crippen molar-refractivity contribution in [3.8, 4) is 5.69 Å². The van der Waals surface area contributed by atoms with Crippen LogP contribution >= 0.6 is 0 Å². The zero-order valence-electron chi connectivity index (χ0n) is 17.1. The van der Waals surface area contributed by atoms with Gasteiger partial charge in [-0.15, -0.1) is 5.10 Å². The Balaban J connectivity index is 1.66. The first-order valence-corrected chi connectivity index (χ1v) is 10.1. The third kappa shape index (κ3) is 4.54. The molecule has 1 amide bonds. The highest BCUT2D eigenvalue weighted by Crippen LogP contribution is 2.16. The molecular weight excluding hydrogens is 362 g/mol. The molecule has 4 rings (SSSR count). The third-order valence-electron chi connectivity index (χ3n) is 5.36. The Hall–Kier alpha value is -2.99.